The van der Waals surface area contributed by atoms with Gasteiger partial charge in [-0.3, -0.25) is 5.41 Å². The first-order chi connectivity index (χ1) is 8.42. The van der Waals surface area contributed by atoms with Crippen LogP contribution >= 0.6 is 15.9 Å². The number of hydrogen-bond donors (Lipinski definition) is 2. The summed E-state index contributed by atoms with van der Waals surface area (Å²) in [7, 11) is 0. The van der Waals surface area contributed by atoms with Crippen molar-refractivity contribution in [1.29, 1.82) is 5.41 Å². The van der Waals surface area contributed by atoms with Gasteiger partial charge in [-0.1, -0.05) is 15.9 Å². The Morgan fingerprint density at radius 1 is 1.39 bits per heavy atom. The second kappa shape index (κ2) is 4.92. The minimum Gasteiger partial charge on any atom is -0.493 e. The van der Waals surface area contributed by atoms with Crippen LogP contribution in [0.1, 0.15) is 30.4 Å². The molecule has 3 nitrogen and oxygen atoms in total. The maximum absolute atomic E-state index is 7.39. The Morgan fingerprint density at radius 3 is 2.39 bits per heavy atom. The fourth-order valence-corrected chi connectivity index (χ4v) is 2.41. The van der Waals surface area contributed by atoms with Crippen molar-refractivity contribution in [2.24, 2.45) is 11.1 Å². The van der Waals surface area contributed by atoms with Gasteiger partial charge in [0.15, 0.2) is 0 Å². The summed E-state index contributed by atoms with van der Waals surface area (Å²) in [5.41, 5.74) is 7.97. The van der Waals surface area contributed by atoms with Crippen LogP contribution in [0.5, 0.6) is 5.75 Å². The molecule has 0 bridgehead atoms. The molecule has 0 atom stereocenters. The summed E-state index contributed by atoms with van der Waals surface area (Å²) in [6.07, 6.45) is 2.88. The first-order valence-corrected chi connectivity index (χ1v) is 6.94. The lowest BCUT2D eigenvalue weighted by Crippen LogP contribution is -2.21. The van der Waals surface area contributed by atoms with E-state index in [9.17, 15) is 0 Å². The van der Waals surface area contributed by atoms with Crippen LogP contribution in [-0.4, -0.2) is 12.4 Å². The Hall–Kier alpha value is -1.03. The second-order valence-electron chi connectivity index (χ2n) is 5.36. The first-order valence-electron chi connectivity index (χ1n) is 6.14. The van der Waals surface area contributed by atoms with Crippen LogP contribution in [-0.2, 0) is 0 Å². The van der Waals surface area contributed by atoms with Gasteiger partial charge in [-0.05, 0) is 49.9 Å². The Balaban J connectivity index is 2.01. The monoisotopic (exact) mass is 310 g/mol. The van der Waals surface area contributed by atoms with Gasteiger partial charge in [0.1, 0.15) is 5.75 Å². The van der Waals surface area contributed by atoms with Crippen LogP contribution in [0.15, 0.2) is 16.6 Å². The molecular formula is C14H19BrN2O. The highest BCUT2D eigenvalue weighted by molar-refractivity contribution is 9.10. The molecule has 3 N–H and O–H groups in total. The molecule has 0 radical (unpaired) electrons. The van der Waals surface area contributed by atoms with Crippen LogP contribution in [0.25, 0.3) is 0 Å². The highest BCUT2D eigenvalue weighted by Crippen LogP contribution is 2.49. The highest BCUT2D eigenvalue weighted by Gasteiger charge is 2.44. The summed E-state index contributed by atoms with van der Waals surface area (Å²) < 4.78 is 7.02. The second-order valence-corrected chi connectivity index (χ2v) is 6.15. The number of hydrogen-bond acceptors (Lipinski definition) is 2. The minimum absolute atomic E-state index is 0.126. The van der Waals surface area contributed by atoms with E-state index in [-0.39, 0.29) is 11.3 Å². The summed E-state index contributed by atoms with van der Waals surface area (Å²) in [6, 6.07) is 4.09. The van der Waals surface area contributed by atoms with Crippen molar-refractivity contribution < 1.29 is 4.74 Å². The molecule has 4 heteroatoms. The Kier molecular flexibility index (Phi) is 3.66. The lowest BCUT2D eigenvalue weighted by Gasteiger charge is -2.16. The fourth-order valence-electron chi connectivity index (χ4n) is 2.18. The molecule has 0 spiro atoms. The quantitative estimate of drug-likeness (QED) is 0.645. The summed E-state index contributed by atoms with van der Waals surface area (Å²) in [5, 5.41) is 7.39. The summed E-state index contributed by atoms with van der Waals surface area (Å²) in [5.74, 6) is 1.17. The van der Waals surface area contributed by atoms with Gasteiger partial charge in [0.2, 0.25) is 0 Å². The van der Waals surface area contributed by atoms with Crippen molar-refractivity contribution in [2.45, 2.75) is 33.1 Å². The third-order valence-corrected chi connectivity index (χ3v) is 4.73. The fraction of sp³-hybridized carbons (Fsp3) is 0.500. The summed E-state index contributed by atoms with van der Waals surface area (Å²) >= 11 is 3.55. The predicted octanol–water partition coefficient (Wildman–Crippen LogP) is 3.55. The maximum Gasteiger partial charge on any atom is 0.119 e. The number of ether oxygens (including phenoxy) is 1. The van der Waals surface area contributed by atoms with Gasteiger partial charge in [0, 0.05) is 16.3 Å². The van der Waals surface area contributed by atoms with Crippen LogP contribution in [0.2, 0.25) is 0 Å². The van der Waals surface area contributed by atoms with E-state index in [0.29, 0.717) is 13.0 Å². The molecule has 0 saturated heterocycles. The smallest absolute Gasteiger partial charge is 0.119 e. The Morgan fingerprint density at radius 2 is 1.94 bits per heavy atom. The molecule has 1 aromatic rings. The van der Waals surface area contributed by atoms with Gasteiger partial charge in [0.05, 0.1) is 12.4 Å². The van der Waals surface area contributed by atoms with Gasteiger partial charge < -0.3 is 10.5 Å². The molecule has 98 valence electrons. The van der Waals surface area contributed by atoms with E-state index in [2.05, 4.69) is 29.8 Å². The molecule has 0 amide bonds. The third kappa shape index (κ3) is 3.05. The van der Waals surface area contributed by atoms with Crippen LogP contribution in [0.3, 0.4) is 0 Å². The highest BCUT2D eigenvalue weighted by atomic mass is 79.9. The molecular weight excluding hydrogens is 292 g/mol. The van der Waals surface area contributed by atoms with Crippen molar-refractivity contribution in [2.75, 3.05) is 6.61 Å². The zero-order valence-corrected chi connectivity index (χ0v) is 12.4. The van der Waals surface area contributed by atoms with E-state index in [1.165, 1.54) is 11.1 Å². The molecule has 1 aromatic carbocycles. The SMILES string of the molecule is Cc1cc(OCC2(CC(=N)N)CC2)cc(C)c1Br. The lowest BCUT2D eigenvalue weighted by molar-refractivity contribution is 0.238. The number of halogens is 1. The average Bonchev–Trinajstić information content (AvgIpc) is 3.02. The number of aryl methyl sites for hydroxylation is 2. The summed E-state index contributed by atoms with van der Waals surface area (Å²) in [4.78, 5) is 0. The molecule has 1 fully saturated rings. The molecule has 0 aromatic heterocycles. The molecule has 18 heavy (non-hydrogen) atoms. The average molecular weight is 311 g/mol. The van der Waals surface area contributed by atoms with Gasteiger partial charge >= 0.3 is 0 Å². The van der Waals surface area contributed by atoms with E-state index < -0.39 is 0 Å². The molecule has 1 aliphatic carbocycles. The van der Waals surface area contributed by atoms with E-state index in [0.717, 1.165) is 23.1 Å². The van der Waals surface area contributed by atoms with Gasteiger partial charge in [0.25, 0.3) is 0 Å². The Bertz CT molecular complexity index is 458. The molecule has 1 saturated carbocycles. The van der Waals surface area contributed by atoms with Crippen LogP contribution in [0, 0.1) is 24.7 Å². The number of nitrogens with two attached hydrogens (primary N) is 1. The zero-order chi connectivity index (χ0) is 13.3. The lowest BCUT2D eigenvalue weighted by atomic mass is 10.0. The van der Waals surface area contributed by atoms with E-state index in [4.69, 9.17) is 15.9 Å². The number of benzene rings is 1. The van der Waals surface area contributed by atoms with Crippen LogP contribution in [0.4, 0.5) is 0 Å². The van der Waals surface area contributed by atoms with Crippen molar-refractivity contribution in [3.05, 3.63) is 27.7 Å². The topological polar surface area (TPSA) is 59.1 Å². The molecule has 0 heterocycles. The van der Waals surface area contributed by atoms with E-state index in [1.54, 1.807) is 0 Å². The Labute approximate surface area is 116 Å². The maximum atomic E-state index is 7.39. The van der Waals surface area contributed by atoms with Gasteiger partial charge in [-0.15, -0.1) is 0 Å². The van der Waals surface area contributed by atoms with Crippen molar-refractivity contribution in [3.8, 4) is 5.75 Å². The largest absolute Gasteiger partial charge is 0.493 e. The first kappa shape index (κ1) is 13.4. The minimum atomic E-state index is 0.126. The van der Waals surface area contributed by atoms with Crippen molar-refractivity contribution in [1.82, 2.24) is 0 Å². The number of rotatable bonds is 5. The van der Waals surface area contributed by atoms with Gasteiger partial charge in [-0.2, -0.15) is 0 Å². The zero-order valence-electron chi connectivity index (χ0n) is 10.8. The molecule has 0 aliphatic heterocycles. The van der Waals surface area contributed by atoms with Crippen molar-refractivity contribution >= 4 is 21.8 Å². The van der Waals surface area contributed by atoms with E-state index >= 15 is 0 Å². The summed E-state index contributed by atoms with van der Waals surface area (Å²) in [6.45, 7) is 4.78. The normalized spacial score (nSPS) is 16.4. The molecule has 1 aliphatic rings. The third-order valence-electron chi connectivity index (χ3n) is 3.48. The molecule has 2 rings (SSSR count). The standard InChI is InChI=1S/C14H19BrN2O/c1-9-5-11(6-10(2)13(9)15)18-8-14(3-4-14)7-12(16)17/h5-6H,3-4,7-8H2,1-2H3,(H3,16,17). The number of amidine groups is 1. The van der Waals surface area contributed by atoms with Crippen molar-refractivity contribution in [3.63, 3.8) is 0 Å². The van der Waals surface area contributed by atoms with E-state index in [1.807, 2.05) is 12.1 Å². The number of nitrogens with one attached hydrogen (secondary N) is 1. The molecule has 0 unspecified atom stereocenters. The predicted molar refractivity (Wildman–Crippen MR) is 77.3 cm³/mol. The van der Waals surface area contributed by atoms with Gasteiger partial charge in [-0.25, -0.2) is 0 Å². The van der Waals surface area contributed by atoms with Crippen LogP contribution < -0.4 is 10.5 Å².